The van der Waals surface area contributed by atoms with E-state index in [1.807, 2.05) is 0 Å². The van der Waals surface area contributed by atoms with Crippen LogP contribution in [0, 0.1) is 0 Å². The Morgan fingerprint density at radius 2 is 1.69 bits per heavy atom. The van der Waals surface area contributed by atoms with Crippen LogP contribution in [0.4, 0.5) is 0 Å². The maximum absolute atomic E-state index is 10.8. The molecule has 0 aromatic heterocycles. The van der Waals surface area contributed by atoms with E-state index in [-0.39, 0.29) is 5.97 Å². The maximum Gasteiger partial charge on any atom is 0.334 e. The second-order valence-electron chi connectivity index (χ2n) is 3.57. The van der Waals surface area contributed by atoms with Crippen LogP contribution in [0.3, 0.4) is 0 Å². The standard InChI is InChI=1S/C11H20O5/c1-15-10(13)8-6-4-3-5-7-9(12)11(14)16-2/h9,12H,3-8H2,1-2H3/t9-/m1/s1. The molecule has 0 heterocycles. The lowest BCUT2D eigenvalue weighted by atomic mass is 10.1. The van der Waals surface area contributed by atoms with E-state index in [4.69, 9.17) is 0 Å². The van der Waals surface area contributed by atoms with Gasteiger partial charge < -0.3 is 14.6 Å². The molecule has 0 bridgehead atoms. The molecule has 0 spiro atoms. The van der Waals surface area contributed by atoms with Crippen LogP contribution in [0.5, 0.6) is 0 Å². The summed E-state index contributed by atoms with van der Waals surface area (Å²) in [6.07, 6.45) is 3.11. The number of carbonyl (C=O) groups is 2. The van der Waals surface area contributed by atoms with E-state index in [0.29, 0.717) is 12.8 Å². The first-order valence-electron chi connectivity index (χ1n) is 5.44. The van der Waals surface area contributed by atoms with Gasteiger partial charge in [-0.15, -0.1) is 0 Å². The topological polar surface area (TPSA) is 72.8 Å². The lowest BCUT2D eigenvalue weighted by Gasteiger charge is -2.07. The number of methoxy groups -OCH3 is 2. The number of rotatable bonds is 8. The average Bonchev–Trinajstić information content (AvgIpc) is 2.31. The van der Waals surface area contributed by atoms with Crippen molar-refractivity contribution in [3.8, 4) is 0 Å². The first kappa shape index (κ1) is 14.9. The first-order chi connectivity index (χ1) is 7.61. The van der Waals surface area contributed by atoms with Crippen molar-refractivity contribution in [2.75, 3.05) is 14.2 Å². The number of aliphatic hydroxyl groups excluding tert-OH is 1. The van der Waals surface area contributed by atoms with Crippen molar-refractivity contribution >= 4 is 11.9 Å². The number of hydrogen-bond acceptors (Lipinski definition) is 5. The minimum Gasteiger partial charge on any atom is -0.469 e. The number of ether oxygens (including phenoxy) is 2. The molecule has 5 heteroatoms. The highest BCUT2D eigenvalue weighted by molar-refractivity contribution is 5.74. The van der Waals surface area contributed by atoms with Gasteiger partial charge in [0.1, 0.15) is 0 Å². The van der Waals surface area contributed by atoms with Crippen LogP contribution in [0.25, 0.3) is 0 Å². The van der Waals surface area contributed by atoms with Crippen molar-refractivity contribution in [1.29, 1.82) is 0 Å². The van der Waals surface area contributed by atoms with Crippen LogP contribution < -0.4 is 0 Å². The number of aliphatic hydroxyl groups is 1. The molecule has 0 saturated heterocycles. The quantitative estimate of drug-likeness (QED) is 0.500. The molecule has 0 saturated carbocycles. The van der Waals surface area contributed by atoms with Gasteiger partial charge in [-0.25, -0.2) is 4.79 Å². The predicted octanol–water partition coefficient (Wildman–Crippen LogP) is 1.03. The van der Waals surface area contributed by atoms with Gasteiger partial charge in [0, 0.05) is 6.42 Å². The molecule has 0 aromatic carbocycles. The zero-order valence-electron chi connectivity index (χ0n) is 9.90. The maximum atomic E-state index is 10.8. The summed E-state index contributed by atoms with van der Waals surface area (Å²) in [5.74, 6) is -0.788. The highest BCUT2D eigenvalue weighted by Crippen LogP contribution is 2.08. The molecule has 0 unspecified atom stereocenters. The second kappa shape index (κ2) is 9.15. The van der Waals surface area contributed by atoms with Gasteiger partial charge in [-0.1, -0.05) is 19.3 Å². The van der Waals surface area contributed by atoms with Gasteiger partial charge in [0.15, 0.2) is 6.10 Å². The van der Waals surface area contributed by atoms with Crippen LogP contribution in [-0.2, 0) is 19.1 Å². The molecule has 0 aromatic rings. The lowest BCUT2D eigenvalue weighted by molar-refractivity contribution is -0.150. The minimum atomic E-state index is -1.02. The molecule has 0 fully saturated rings. The van der Waals surface area contributed by atoms with Gasteiger partial charge in [0.25, 0.3) is 0 Å². The Balaban J connectivity index is 3.33. The van der Waals surface area contributed by atoms with Crippen molar-refractivity contribution in [3.63, 3.8) is 0 Å². The molecule has 94 valence electrons. The van der Waals surface area contributed by atoms with Crippen molar-refractivity contribution in [2.45, 2.75) is 44.6 Å². The fourth-order valence-corrected chi connectivity index (χ4v) is 1.32. The third-order valence-corrected chi connectivity index (χ3v) is 2.31. The highest BCUT2D eigenvalue weighted by atomic mass is 16.5. The first-order valence-corrected chi connectivity index (χ1v) is 5.44. The third kappa shape index (κ3) is 7.23. The molecule has 0 rings (SSSR count). The predicted molar refractivity (Wildman–Crippen MR) is 57.7 cm³/mol. The van der Waals surface area contributed by atoms with E-state index >= 15 is 0 Å². The van der Waals surface area contributed by atoms with Crippen LogP contribution in [0.1, 0.15) is 38.5 Å². The van der Waals surface area contributed by atoms with Crippen LogP contribution in [0.2, 0.25) is 0 Å². The van der Waals surface area contributed by atoms with Crippen molar-refractivity contribution < 1.29 is 24.2 Å². The smallest absolute Gasteiger partial charge is 0.334 e. The van der Waals surface area contributed by atoms with Crippen molar-refractivity contribution in [1.82, 2.24) is 0 Å². The SMILES string of the molecule is COC(=O)CCCCCC[C@@H](O)C(=O)OC. The molecule has 16 heavy (non-hydrogen) atoms. The third-order valence-electron chi connectivity index (χ3n) is 2.31. The Hall–Kier alpha value is -1.10. The molecule has 0 aliphatic carbocycles. The zero-order chi connectivity index (χ0) is 12.4. The van der Waals surface area contributed by atoms with Crippen LogP contribution in [0.15, 0.2) is 0 Å². The summed E-state index contributed by atoms with van der Waals surface area (Å²) in [6.45, 7) is 0. The Morgan fingerprint density at radius 1 is 1.06 bits per heavy atom. The zero-order valence-corrected chi connectivity index (χ0v) is 9.90. The van der Waals surface area contributed by atoms with Crippen LogP contribution in [-0.4, -0.2) is 37.4 Å². The fourth-order valence-electron chi connectivity index (χ4n) is 1.32. The molecule has 0 amide bonds. The Kier molecular flexibility index (Phi) is 8.52. The second-order valence-corrected chi connectivity index (χ2v) is 3.57. The summed E-state index contributed by atoms with van der Waals surface area (Å²) < 4.78 is 8.89. The molecule has 0 aliphatic heterocycles. The normalized spacial score (nSPS) is 11.9. The van der Waals surface area contributed by atoms with E-state index in [1.165, 1.54) is 14.2 Å². The van der Waals surface area contributed by atoms with Gasteiger partial charge in [-0.3, -0.25) is 4.79 Å². The monoisotopic (exact) mass is 232 g/mol. The highest BCUT2D eigenvalue weighted by Gasteiger charge is 2.13. The molecule has 0 radical (unpaired) electrons. The fraction of sp³-hybridized carbons (Fsp3) is 0.818. The van der Waals surface area contributed by atoms with E-state index in [0.717, 1.165) is 25.7 Å². The lowest BCUT2D eigenvalue weighted by Crippen LogP contribution is -2.21. The van der Waals surface area contributed by atoms with E-state index < -0.39 is 12.1 Å². The molecular weight excluding hydrogens is 212 g/mol. The molecule has 1 N–H and O–H groups in total. The number of carbonyl (C=O) groups excluding carboxylic acids is 2. The summed E-state index contributed by atoms with van der Waals surface area (Å²) in [5.41, 5.74) is 0. The van der Waals surface area contributed by atoms with E-state index in [2.05, 4.69) is 9.47 Å². The molecule has 1 atom stereocenters. The van der Waals surface area contributed by atoms with Gasteiger partial charge >= 0.3 is 11.9 Å². The van der Waals surface area contributed by atoms with E-state index in [1.54, 1.807) is 0 Å². The summed E-state index contributed by atoms with van der Waals surface area (Å²) in [5, 5.41) is 9.25. The van der Waals surface area contributed by atoms with E-state index in [9.17, 15) is 14.7 Å². The van der Waals surface area contributed by atoms with Crippen molar-refractivity contribution in [3.05, 3.63) is 0 Å². The largest absolute Gasteiger partial charge is 0.469 e. The minimum absolute atomic E-state index is 0.199. The van der Waals surface area contributed by atoms with Crippen molar-refractivity contribution in [2.24, 2.45) is 0 Å². The molecular formula is C11H20O5. The summed E-state index contributed by atoms with van der Waals surface area (Å²) in [4.78, 5) is 21.6. The van der Waals surface area contributed by atoms with Gasteiger partial charge in [-0.05, 0) is 12.8 Å². The Morgan fingerprint density at radius 3 is 2.25 bits per heavy atom. The van der Waals surface area contributed by atoms with Crippen LogP contribution >= 0.6 is 0 Å². The Labute approximate surface area is 95.7 Å². The number of hydrogen-bond donors (Lipinski definition) is 1. The summed E-state index contributed by atoms with van der Waals surface area (Å²) in [7, 11) is 2.62. The number of unbranched alkanes of at least 4 members (excludes halogenated alkanes) is 3. The van der Waals surface area contributed by atoms with Gasteiger partial charge in [0.2, 0.25) is 0 Å². The molecule has 5 nitrogen and oxygen atoms in total. The van der Waals surface area contributed by atoms with Gasteiger partial charge in [0.05, 0.1) is 14.2 Å². The summed E-state index contributed by atoms with van der Waals surface area (Å²) in [6, 6.07) is 0. The Bertz CT molecular complexity index is 214. The molecule has 0 aliphatic rings. The number of esters is 2. The average molecular weight is 232 g/mol. The van der Waals surface area contributed by atoms with Gasteiger partial charge in [-0.2, -0.15) is 0 Å². The summed E-state index contributed by atoms with van der Waals surface area (Å²) >= 11 is 0.